The van der Waals surface area contributed by atoms with E-state index in [0.29, 0.717) is 34.4 Å². The number of thiazole rings is 1. The summed E-state index contributed by atoms with van der Waals surface area (Å²) in [5.74, 6) is 0.882. The number of ether oxygens (including phenoxy) is 2. The van der Waals surface area contributed by atoms with Gasteiger partial charge in [0.25, 0.3) is 5.91 Å². The average molecular weight is 538 g/mol. The molecule has 0 unspecified atom stereocenters. The van der Waals surface area contributed by atoms with Gasteiger partial charge in [-0.05, 0) is 42.0 Å². The van der Waals surface area contributed by atoms with E-state index in [1.165, 1.54) is 39.9 Å². The van der Waals surface area contributed by atoms with Gasteiger partial charge in [0.15, 0.2) is 5.13 Å². The van der Waals surface area contributed by atoms with E-state index in [9.17, 15) is 13.2 Å². The van der Waals surface area contributed by atoms with Crippen molar-refractivity contribution in [2.45, 2.75) is 18.4 Å². The summed E-state index contributed by atoms with van der Waals surface area (Å²) in [4.78, 5) is 17.4. The number of rotatable bonds is 10. The Hall–Kier alpha value is -3.73. The van der Waals surface area contributed by atoms with Gasteiger partial charge >= 0.3 is 0 Å². The van der Waals surface area contributed by atoms with Gasteiger partial charge in [-0.25, -0.2) is 13.4 Å². The number of benzene rings is 3. The van der Waals surface area contributed by atoms with Gasteiger partial charge in [0.05, 0.1) is 24.8 Å². The molecule has 0 spiro atoms. The summed E-state index contributed by atoms with van der Waals surface area (Å²) < 4.78 is 38.4. The molecule has 0 radical (unpaired) electrons. The lowest BCUT2D eigenvalue weighted by Gasteiger charge is -2.20. The van der Waals surface area contributed by atoms with E-state index >= 15 is 0 Å². The second-order valence-corrected chi connectivity index (χ2v) is 10.8. The van der Waals surface area contributed by atoms with Crippen LogP contribution in [0.4, 0.5) is 5.13 Å². The smallest absolute Gasteiger partial charge is 0.257 e. The molecule has 10 heteroatoms. The summed E-state index contributed by atoms with van der Waals surface area (Å²) in [5, 5.41) is 5.01. The van der Waals surface area contributed by atoms with Gasteiger partial charge in [-0.15, -0.1) is 11.3 Å². The van der Waals surface area contributed by atoms with Crippen molar-refractivity contribution in [1.29, 1.82) is 0 Å². The minimum absolute atomic E-state index is 0.130. The van der Waals surface area contributed by atoms with Crippen LogP contribution in [0.25, 0.3) is 11.3 Å². The number of nitrogens with zero attached hydrogens (tertiary/aromatic N) is 2. The van der Waals surface area contributed by atoms with Crippen molar-refractivity contribution in [1.82, 2.24) is 9.29 Å². The zero-order valence-electron chi connectivity index (χ0n) is 20.7. The molecule has 8 nitrogen and oxygen atoms in total. The van der Waals surface area contributed by atoms with E-state index in [1.807, 2.05) is 47.8 Å². The van der Waals surface area contributed by atoms with Crippen LogP contribution in [-0.4, -0.2) is 44.4 Å². The topological polar surface area (TPSA) is 97.8 Å². The van der Waals surface area contributed by atoms with Gasteiger partial charge in [-0.1, -0.05) is 37.3 Å². The van der Waals surface area contributed by atoms with Crippen LogP contribution in [0.5, 0.6) is 11.5 Å². The SMILES string of the molecule is CCN(Cc1ccccc1)S(=O)(=O)c1ccc(C(=O)Nc2nc(-c3ccc(OC)cc3OC)cs2)cc1. The van der Waals surface area contributed by atoms with E-state index < -0.39 is 10.0 Å². The first kappa shape index (κ1) is 26.3. The molecule has 1 N–H and O–H groups in total. The normalized spacial score (nSPS) is 11.4. The fourth-order valence-corrected chi connectivity index (χ4v) is 5.86. The maximum atomic E-state index is 13.2. The van der Waals surface area contributed by atoms with Gasteiger partial charge in [-0.3, -0.25) is 10.1 Å². The summed E-state index contributed by atoms with van der Waals surface area (Å²) in [6, 6.07) is 20.7. The number of amides is 1. The average Bonchev–Trinajstić information content (AvgIpc) is 3.39. The molecule has 0 aliphatic heterocycles. The van der Waals surface area contributed by atoms with Crippen molar-refractivity contribution in [3.05, 3.63) is 89.3 Å². The van der Waals surface area contributed by atoms with Gasteiger partial charge in [0, 0.05) is 35.7 Å². The standard InChI is InChI=1S/C27H27N3O5S2/c1-4-30(17-19-8-6-5-7-9-19)37(32,33)22-13-10-20(11-14-22)26(31)29-27-28-24(18-36-27)23-15-12-21(34-2)16-25(23)35-3/h5-16,18H,4,17H2,1-3H3,(H,28,29,31). The van der Waals surface area contributed by atoms with E-state index in [1.54, 1.807) is 27.2 Å². The van der Waals surface area contributed by atoms with Gasteiger partial charge < -0.3 is 9.47 Å². The number of hydrogen-bond donors (Lipinski definition) is 1. The molecule has 192 valence electrons. The van der Waals surface area contributed by atoms with Gasteiger partial charge in [0.2, 0.25) is 10.0 Å². The maximum absolute atomic E-state index is 13.2. The molecule has 0 aliphatic rings. The number of carbonyl (C=O) groups is 1. The summed E-state index contributed by atoms with van der Waals surface area (Å²) in [5.41, 5.74) is 2.65. The van der Waals surface area contributed by atoms with Crippen molar-refractivity contribution in [2.24, 2.45) is 0 Å². The Kier molecular flexibility index (Phi) is 8.22. The summed E-state index contributed by atoms with van der Waals surface area (Å²) in [7, 11) is -0.570. The number of sulfonamides is 1. The fourth-order valence-electron chi connectivity index (χ4n) is 3.72. The highest BCUT2D eigenvalue weighted by atomic mass is 32.2. The number of methoxy groups -OCH3 is 2. The third-order valence-electron chi connectivity index (χ3n) is 5.72. The first-order valence-corrected chi connectivity index (χ1v) is 13.8. The number of aromatic nitrogens is 1. The highest BCUT2D eigenvalue weighted by Gasteiger charge is 2.23. The van der Waals surface area contributed by atoms with Crippen LogP contribution in [0.15, 0.2) is 83.1 Å². The van der Waals surface area contributed by atoms with E-state index in [0.717, 1.165) is 11.1 Å². The van der Waals surface area contributed by atoms with Crippen LogP contribution in [0.1, 0.15) is 22.8 Å². The predicted octanol–water partition coefficient (Wildman–Crippen LogP) is 5.29. The lowest BCUT2D eigenvalue weighted by atomic mass is 10.1. The predicted molar refractivity (Wildman–Crippen MR) is 145 cm³/mol. The summed E-state index contributed by atoms with van der Waals surface area (Å²) in [6.45, 7) is 2.39. The minimum atomic E-state index is -3.72. The quantitative estimate of drug-likeness (QED) is 0.295. The van der Waals surface area contributed by atoms with Crippen molar-refractivity contribution in [3.63, 3.8) is 0 Å². The third-order valence-corrected chi connectivity index (χ3v) is 8.41. The molecule has 1 aromatic heterocycles. The molecule has 3 aromatic carbocycles. The highest BCUT2D eigenvalue weighted by Crippen LogP contribution is 2.35. The van der Waals surface area contributed by atoms with Crippen LogP contribution < -0.4 is 14.8 Å². The fraction of sp³-hybridized carbons (Fsp3) is 0.185. The Morgan fingerprint density at radius 3 is 2.38 bits per heavy atom. The lowest BCUT2D eigenvalue weighted by Crippen LogP contribution is -2.30. The van der Waals surface area contributed by atoms with Crippen molar-refractivity contribution in [2.75, 3.05) is 26.1 Å². The van der Waals surface area contributed by atoms with E-state index in [4.69, 9.17) is 9.47 Å². The van der Waals surface area contributed by atoms with Gasteiger partial charge in [0.1, 0.15) is 11.5 Å². The molecular formula is C27H27N3O5S2. The maximum Gasteiger partial charge on any atom is 0.257 e. The first-order valence-electron chi connectivity index (χ1n) is 11.5. The van der Waals surface area contributed by atoms with Crippen LogP contribution in [-0.2, 0) is 16.6 Å². The molecule has 1 amide bonds. The molecule has 0 saturated heterocycles. The minimum Gasteiger partial charge on any atom is -0.497 e. The second-order valence-electron chi connectivity index (χ2n) is 8.00. The van der Waals surface area contributed by atoms with Crippen molar-refractivity contribution >= 4 is 32.4 Å². The molecule has 0 fully saturated rings. The first-order chi connectivity index (χ1) is 17.8. The largest absolute Gasteiger partial charge is 0.497 e. The monoisotopic (exact) mass is 537 g/mol. The molecule has 4 rings (SSSR count). The third kappa shape index (κ3) is 5.99. The van der Waals surface area contributed by atoms with Crippen molar-refractivity contribution < 1.29 is 22.7 Å². The second kappa shape index (κ2) is 11.5. The molecule has 1 heterocycles. The van der Waals surface area contributed by atoms with E-state index in [-0.39, 0.29) is 17.3 Å². The van der Waals surface area contributed by atoms with Crippen molar-refractivity contribution in [3.8, 4) is 22.8 Å². The molecule has 0 bridgehead atoms. The number of hydrogen-bond acceptors (Lipinski definition) is 7. The Bertz CT molecular complexity index is 1470. The Labute approximate surface area is 220 Å². The Balaban J connectivity index is 1.47. The van der Waals surface area contributed by atoms with Crippen LogP contribution in [0, 0.1) is 0 Å². The van der Waals surface area contributed by atoms with Crippen LogP contribution >= 0.6 is 11.3 Å². The summed E-state index contributed by atoms with van der Waals surface area (Å²) >= 11 is 1.28. The number of carbonyl (C=O) groups excluding carboxylic acids is 1. The zero-order chi connectivity index (χ0) is 26.4. The molecule has 37 heavy (non-hydrogen) atoms. The molecule has 0 aliphatic carbocycles. The van der Waals surface area contributed by atoms with Gasteiger partial charge in [-0.2, -0.15) is 4.31 Å². The van der Waals surface area contributed by atoms with Crippen LogP contribution in [0.3, 0.4) is 0 Å². The molecular weight excluding hydrogens is 510 g/mol. The zero-order valence-corrected chi connectivity index (χ0v) is 22.3. The molecule has 4 aromatic rings. The Morgan fingerprint density at radius 1 is 1.00 bits per heavy atom. The van der Waals surface area contributed by atoms with E-state index in [2.05, 4.69) is 10.3 Å². The molecule has 0 atom stereocenters. The van der Waals surface area contributed by atoms with Crippen LogP contribution in [0.2, 0.25) is 0 Å². The molecule has 0 saturated carbocycles. The number of anilines is 1. The Morgan fingerprint density at radius 2 is 1.73 bits per heavy atom. The lowest BCUT2D eigenvalue weighted by molar-refractivity contribution is 0.102. The number of nitrogens with one attached hydrogen (secondary N) is 1. The summed E-state index contributed by atoms with van der Waals surface area (Å²) in [6.07, 6.45) is 0. The highest BCUT2D eigenvalue weighted by molar-refractivity contribution is 7.89.